The van der Waals surface area contributed by atoms with Crippen LogP contribution in [0.15, 0.2) is 36.5 Å². The minimum atomic E-state index is 1.45. The van der Waals surface area contributed by atoms with E-state index in [1.165, 1.54) is 7.05 Å². The highest BCUT2D eigenvalue weighted by Crippen LogP contribution is 1.80. The van der Waals surface area contributed by atoms with Crippen molar-refractivity contribution in [2.24, 2.45) is 36.5 Å². The summed E-state index contributed by atoms with van der Waals surface area (Å²) in [5.41, 5.74) is 4.55. The van der Waals surface area contributed by atoms with E-state index in [4.69, 9.17) is 0 Å². The molecular formula is CH5N8+. The maximum Gasteiger partial charge on any atom is 0.225 e. The molecule has 0 fully saturated rings. The van der Waals surface area contributed by atoms with Gasteiger partial charge in [-0.25, -0.2) is 0 Å². The predicted octanol–water partition coefficient (Wildman–Crippen LogP) is -0.0709. The molecule has 0 spiro atoms. The zero-order valence-electron chi connectivity index (χ0n) is 4.71. The second-order valence-corrected chi connectivity index (χ2v) is 0.763. The van der Waals surface area contributed by atoms with Crippen LogP contribution in [0.1, 0.15) is 0 Å². The van der Waals surface area contributed by atoms with E-state index in [0.717, 1.165) is 0 Å². The predicted molar refractivity (Wildman–Crippen MR) is 24.8 cm³/mol. The van der Waals surface area contributed by atoms with Crippen LogP contribution < -0.4 is 5.53 Å². The molecule has 0 aliphatic carbocycles. The van der Waals surface area contributed by atoms with Crippen LogP contribution in [0, 0.1) is 0 Å². The van der Waals surface area contributed by atoms with Gasteiger partial charge in [-0.05, 0) is 10.4 Å². The van der Waals surface area contributed by atoms with Crippen molar-refractivity contribution in [3.63, 3.8) is 0 Å². The monoisotopic (exact) mass is 129 g/mol. The van der Waals surface area contributed by atoms with Crippen LogP contribution in [-0.4, -0.2) is 7.05 Å². The number of nitrogens with two attached hydrogens (primary N) is 1. The van der Waals surface area contributed by atoms with Gasteiger partial charge in [-0.3, -0.25) is 0 Å². The largest absolute Gasteiger partial charge is 0.225 e. The Hall–Kier alpha value is -1.60. The molecule has 8 nitrogen and oxygen atoms in total. The zero-order chi connectivity index (χ0) is 6.95. The van der Waals surface area contributed by atoms with Gasteiger partial charge in [0, 0.05) is 5.22 Å². The summed E-state index contributed by atoms with van der Waals surface area (Å²) in [7, 11) is 1.45. The van der Waals surface area contributed by atoms with Crippen molar-refractivity contribution < 1.29 is 5.53 Å². The van der Waals surface area contributed by atoms with Crippen molar-refractivity contribution in [1.29, 1.82) is 0 Å². The highest BCUT2D eigenvalue weighted by molar-refractivity contribution is 4.06. The number of nitrogens with zero attached hydrogens (tertiary/aromatic N) is 7. The summed E-state index contributed by atoms with van der Waals surface area (Å²) in [5, 5.41) is 21.0. The average Bonchev–Trinajstić information content (AvgIpc) is 1.89. The molecule has 0 aromatic heterocycles. The van der Waals surface area contributed by atoms with Gasteiger partial charge in [0.2, 0.25) is 5.22 Å². The maximum absolute atomic E-state index is 4.55. The first kappa shape index (κ1) is 7.40. The van der Waals surface area contributed by atoms with Crippen molar-refractivity contribution in [2.75, 3.05) is 7.05 Å². The molecule has 0 saturated carbocycles. The molecular weight excluding hydrogens is 124 g/mol. The van der Waals surface area contributed by atoms with Gasteiger partial charge in [-0.15, -0.1) is 0 Å². The van der Waals surface area contributed by atoms with Gasteiger partial charge < -0.3 is 0 Å². The number of hydrogen-bond acceptors (Lipinski definition) is 1. The third-order valence-corrected chi connectivity index (χ3v) is 0.301. The van der Waals surface area contributed by atoms with E-state index in [2.05, 4.69) is 42.0 Å². The van der Waals surface area contributed by atoms with E-state index in [9.17, 15) is 0 Å². The summed E-state index contributed by atoms with van der Waals surface area (Å²) < 4.78 is 0. The van der Waals surface area contributed by atoms with Crippen LogP contribution in [0.5, 0.6) is 0 Å². The Morgan fingerprint density at radius 2 is 1.44 bits per heavy atom. The maximum atomic E-state index is 4.55. The molecule has 0 heterocycles. The minimum absolute atomic E-state index is 1.45. The fourth-order valence-corrected chi connectivity index (χ4v) is 0.117. The molecule has 0 aliphatic heterocycles. The van der Waals surface area contributed by atoms with Gasteiger partial charge in [0.05, 0.1) is 7.05 Å². The lowest BCUT2D eigenvalue weighted by Crippen LogP contribution is -2.21. The molecule has 9 heavy (non-hydrogen) atoms. The second-order valence-electron chi connectivity index (χ2n) is 0.763. The molecule has 0 saturated heterocycles. The lowest BCUT2D eigenvalue weighted by molar-refractivity contribution is -0.223. The van der Waals surface area contributed by atoms with Crippen LogP contribution in [0.3, 0.4) is 0 Å². The molecule has 0 aliphatic rings. The smallest absolute Gasteiger partial charge is 0.190 e. The van der Waals surface area contributed by atoms with Crippen LogP contribution in [0.2, 0.25) is 0 Å². The highest BCUT2D eigenvalue weighted by atomic mass is 15.6. The van der Waals surface area contributed by atoms with E-state index in [1.807, 2.05) is 0 Å². The molecule has 0 rings (SSSR count). The molecule has 0 amide bonds. The van der Waals surface area contributed by atoms with Crippen molar-refractivity contribution in [1.82, 2.24) is 0 Å². The zero-order valence-corrected chi connectivity index (χ0v) is 4.71. The Bertz CT molecular complexity index is 141. The van der Waals surface area contributed by atoms with Crippen molar-refractivity contribution >= 4 is 0 Å². The summed E-state index contributed by atoms with van der Waals surface area (Å²) in [5.74, 6) is 0. The molecule has 0 atom stereocenters. The van der Waals surface area contributed by atoms with Crippen LogP contribution in [0.25, 0.3) is 0 Å². The Kier molecular flexibility index (Phi) is 5.26. The first-order valence-electron chi connectivity index (χ1n) is 1.91. The molecule has 0 radical (unpaired) electrons. The van der Waals surface area contributed by atoms with E-state index in [0.29, 0.717) is 0 Å². The Morgan fingerprint density at radius 3 is 2.00 bits per heavy atom. The molecule has 0 aromatic rings. The third kappa shape index (κ3) is 6.40. The van der Waals surface area contributed by atoms with Crippen LogP contribution in [-0.2, 0) is 0 Å². The first-order chi connectivity index (χ1) is 4.41. The minimum Gasteiger partial charge on any atom is -0.190 e. The second kappa shape index (κ2) is 6.40. The Morgan fingerprint density at radius 1 is 0.889 bits per heavy atom. The van der Waals surface area contributed by atoms with E-state index >= 15 is 0 Å². The van der Waals surface area contributed by atoms with Gasteiger partial charge in [0.15, 0.2) is 5.22 Å². The summed E-state index contributed by atoms with van der Waals surface area (Å²) in [6.07, 6.45) is 0. The van der Waals surface area contributed by atoms with Crippen molar-refractivity contribution in [3.05, 3.63) is 0 Å². The quantitative estimate of drug-likeness (QED) is 0.406. The Balaban J connectivity index is 3.46. The van der Waals surface area contributed by atoms with Crippen molar-refractivity contribution in [3.8, 4) is 0 Å². The molecule has 8 heteroatoms. The van der Waals surface area contributed by atoms with Gasteiger partial charge in [-0.1, -0.05) is 0 Å². The lowest BCUT2D eigenvalue weighted by atomic mass is 11.6. The van der Waals surface area contributed by atoms with E-state index in [1.54, 1.807) is 0 Å². The van der Waals surface area contributed by atoms with Crippen molar-refractivity contribution in [2.45, 2.75) is 0 Å². The summed E-state index contributed by atoms with van der Waals surface area (Å²) in [6, 6.07) is 0. The van der Waals surface area contributed by atoms with Gasteiger partial charge in [0.1, 0.15) is 5.22 Å². The fraction of sp³-hybridized carbons (Fsp3) is 1.00. The summed E-state index contributed by atoms with van der Waals surface area (Å²) >= 11 is 0. The molecule has 48 valence electrons. The molecule has 0 aromatic carbocycles. The number of hydrogen-bond donors (Lipinski definition) is 1. The van der Waals surface area contributed by atoms with E-state index in [-0.39, 0.29) is 0 Å². The fourth-order valence-electron chi connectivity index (χ4n) is 0.117. The van der Waals surface area contributed by atoms with Gasteiger partial charge in [-0.2, -0.15) is 10.6 Å². The van der Waals surface area contributed by atoms with Crippen LogP contribution in [0.4, 0.5) is 0 Å². The van der Waals surface area contributed by atoms with Gasteiger partial charge in [0.25, 0.3) is 0 Å². The SMILES string of the molecule is CN=NN=NN=NN=[NH2+]. The third-order valence-electron chi connectivity index (χ3n) is 0.301. The highest BCUT2D eigenvalue weighted by Gasteiger charge is 1.71. The molecule has 0 unspecified atom stereocenters. The van der Waals surface area contributed by atoms with E-state index < -0.39 is 0 Å². The normalized spacial score (nSPS) is 12.1. The Labute approximate surface area is 50.2 Å². The van der Waals surface area contributed by atoms with Crippen LogP contribution >= 0.6 is 0 Å². The molecule has 0 bridgehead atoms. The summed E-state index contributed by atoms with van der Waals surface area (Å²) in [4.78, 5) is 0. The first-order valence-corrected chi connectivity index (χ1v) is 1.91. The number of rotatable bonds is 3. The summed E-state index contributed by atoms with van der Waals surface area (Å²) in [6.45, 7) is 0. The standard InChI is InChI=1S/CH4N8/c1-3-5-7-9-8-6-4-2/h2H,1H3/p+1. The lowest BCUT2D eigenvalue weighted by Gasteiger charge is -1.61. The van der Waals surface area contributed by atoms with Gasteiger partial charge >= 0.3 is 0 Å². The molecule has 2 N–H and O–H groups in total. The topological polar surface area (TPSA) is 112 Å². The average molecular weight is 129 g/mol.